The molecule has 0 aromatic heterocycles. The molecule has 10 N–H and O–H groups in total. The quantitative estimate of drug-likeness (QED) is 0.121. The lowest BCUT2D eigenvalue weighted by Crippen LogP contribution is -2.55. The highest BCUT2D eigenvalue weighted by atomic mass is 15.0. The Labute approximate surface area is 467 Å². The summed E-state index contributed by atoms with van der Waals surface area (Å²) < 4.78 is 0. The predicted octanol–water partition coefficient (Wildman–Crippen LogP) is 12.2. The van der Waals surface area contributed by atoms with Crippen LogP contribution in [0.3, 0.4) is 0 Å². The molecule has 0 aromatic rings. The second-order valence-electron chi connectivity index (χ2n) is 31.9. The lowest BCUT2D eigenvalue weighted by molar-refractivity contribution is 0.000283. The molecule has 0 radical (unpaired) electrons. The molecule has 76 heavy (non-hydrogen) atoms. The first-order valence-electron chi connectivity index (χ1n) is 35.1. The lowest BCUT2D eigenvalue weighted by atomic mass is 9.53. The van der Waals surface area contributed by atoms with Gasteiger partial charge in [-0.05, 0) is 359 Å². The summed E-state index contributed by atoms with van der Waals surface area (Å²) in [6, 6.07) is 5.13. The normalized spacial score (nSPS) is 50.0. The van der Waals surface area contributed by atoms with E-state index in [2.05, 4.69) is 31.9 Å². The van der Waals surface area contributed by atoms with Crippen LogP contribution in [-0.2, 0) is 0 Å². The zero-order chi connectivity index (χ0) is 51.3. The Balaban J connectivity index is 0.0000000879. The minimum Gasteiger partial charge on any atom is -0.327 e. The Kier molecular flexibility index (Phi) is 19.9. The number of rotatable bonds is 0. The van der Waals surface area contributed by atoms with Crippen molar-refractivity contribution in [2.75, 3.05) is 45.8 Å². The molecule has 14 aliphatic carbocycles. The van der Waals surface area contributed by atoms with Crippen LogP contribution >= 0.6 is 0 Å². The van der Waals surface area contributed by atoms with Crippen LogP contribution in [0.15, 0.2) is 0 Å². The molecular formula is C68H122N8. The number of nitrogens with two attached hydrogens (primary N) is 2. The van der Waals surface area contributed by atoms with E-state index in [1.54, 1.807) is 25.7 Å². The zero-order valence-electron chi connectivity index (χ0n) is 49.2. The maximum atomic E-state index is 6.32. The second kappa shape index (κ2) is 26.9. The average molecular weight is 1050 g/mol. The number of nitrogens with one attached hydrogen (secondary N) is 6. The molecule has 23 fully saturated rings. The van der Waals surface area contributed by atoms with Gasteiger partial charge in [0.05, 0.1) is 0 Å². The third-order valence-electron chi connectivity index (χ3n) is 25.6. The summed E-state index contributed by atoms with van der Waals surface area (Å²) in [4.78, 5) is 0. The van der Waals surface area contributed by atoms with Crippen molar-refractivity contribution in [3.05, 3.63) is 0 Å². The van der Waals surface area contributed by atoms with Crippen LogP contribution in [0.5, 0.6) is 0 Å². The first kappa shape index (κ1) is 56.2. The highest BCUT2D eigenvalue weighted by Crippen LogP contribution is 2.55. The molecule has 8 nitrogen and oxygen atoms in total. The van der Waals surface area contributed by atoms with E-state index < -0.39 is 0 Å². The molecule has 23 rings (SSSR count). The third-order valence-corrected chi connectivity index (χ3v) is 25.6. The van der Waals surface area contributed by atoms with E-state index in [1.165, 1.54) is 264 Å². The van der Waals surface area contributed by atoms with E-state index in [4.69, 9.17) is 11.5 Å². The first-order valence-corrected chi connectivity index (χ1v) is 35.1. The SMILES string of the molecule is C1CC2CCC(C1)N2.C1CC2CCC1CNC2.C1CC2CNC(C1)C2.C1CC2CNCC1C2.C1CCC2NCCCC2C1.C1NC2CC3CC1CC(C3)C2.NC12CC3CC(CC(C3)C1)C2.NC1C2CC3CC(C2)CC1C3. The van der Waals surface area contributed by atoms with Gasteiger partial charge < -0.3 is 43.4 Å². The van der Waals surface area contributed by atoms with Gasteiger partial charge in [-0.15, -0.1) is 0 Å². The maximum Gasteiger partial charge on any atom is 0.0162 e. The van der Waals surface area contributed by atoms with Crippen molar-refractivity contribution >= 4 is 0 Å². The fourth-order valence-electron chi connectivity index (χ4n) is 22.4. The number of hydrogen-bond donors (Lipinski definition) is 8. The highest BCUT2D eigenvalue weighted by Gasteiger charge is 2.49. The van der Waals surface area contributed by atoms with E-state index in [0.29, 0.717) is 11.6 Å². The monoisotopic (exact) mass is 1050 g/mol. The summed E-state index contributed by atoms with van der Waals surface area (Å²) in [6.45, 7) is 9.13. The Morgan fingerprint density at radius 3 is 1.26 bits per heavy atom. The second-order valence-corrected chi connectivity index (χ2v) is 31.9. The summed E-state index contributed by atoms with van der Waals surface area (Å²) in [5.41, 5.74) is 12.8. The number of fused-ring (bicyclic) bond motifs is 12. The van der Waals surface area contributed by atoms with Gasteiger partial charge in [-0.1, -0.05) is 25.7 Å². The summed E-state index contributed by atoms with van der Waals surface area (Å²) in [7, 11) is 0. The van der Waals surface area contributed by atoms with Gasteiger partial charge >= 0.3 is 0 Å². The Morgan fingerprint density at radius 1 is 0.289 bits per heavy atom. The van der Waals surface area contributed by atoms with Crippen LogP contribution in [0.25, 0.3) is 0 Å². The standard InChI is InChI=1S/3C10H17N.C9H17N.C8H15N.3C7H13N/c1-7-2-9-3-8(1)5-10(4-7)11-6-9;11-10-4-7-1-8(5-10)3-9(2-7)6-10;11-10-8-2-6-1-7(4-8)5-9(10)3-6;1-2-6-9-8(4-1)5-3-7-10-9;1-2-8-4-3-7(1)5-9-6-8;1-2-7-3-6(1)4-8-5-7;1-2-6-4-7(3-1)8-5-6;1-2-6-4-5-7(3-1)8-6/h7-11H,1-6H2;7-9H,1-6,11H2;6-10H,1-5,11H2;8-10H,1-7H2;7-9H,1-6H2;3*6-8H,1-5H2. The van der Waals surface area contributed by atoms with Crippen LogP contribution in [0.1, 0.15) is 244 Å². The van der Waals surface area contributed by atoms with Crippen LogP contribution < -0.4 is 43.4 Å². The summed E-state index contributed by atoms with van der Waals surface area (Å²) >= 11 is 0. The van der Waals surface area contributed by atoms with Crippen molar-refractivity contribution in [3.63, 3.8) is 0 Å². The minimum atomic E-state index is 0.300. The largest absolute Gasteiger partial charge is 0.327 e. The molecule has 20 bridgehead atoms. The first-order chi connectivity index (χ1) is 37.2. The molecule has 0 amide bonds. The fourth-order valence-corrected chi connectivity index (χ4v) is 22.4. The van der Waals surface area contributed by atoms with Gasteiger partial charge in [0.1, 0.15) is 0 Å². The fraction of sp³-hybridized carbons (Fsp3) is 1.00. The van der Waals surface area contributed by atoms with Gasteiger partial charge in [-0.25, -0.2) is 0 Å². The van der Waals surface area contributed by atoms with E-state index in [-0.39, 0.29) is 0 Å². The van der Waals surface area contributed by atoms with E-state index in [9.17, 15) is 0 Å². The van der Waals surface area contributed by atoms with Crippen LogP contribution in [0.2, 0.25) is 0 Å². The van der Waals surface area contributed by atoms with Gasteiger partial charge in [-0.2, -0.15) is 0 Å². The third kappa shape index (κ3) is 15.5. The number of piperidine rings is 3. The van der Waals surface area contributed by atoms with Crippen molar-refractivity contribution in [1.82, 2.24) is 31.9 Å². The molecule has 10 atom stereocenters. The molecule has 9 aliphatic heterocycles. The van der Waals surface area contributed by atoms with Crippen LogP contribution in [0, 0.1) is 94.7 Å². The highest BCUT2D eigenvalue weighted by molar-refractivity contribution is 5.05. The zero-order valence-corrected chi connectivity index (χ0v) is 49.2. The van der Waals surface area contributed by atoms with Crippen molar-refractivity contribution in [2.24, 2.45) is 106 Å². The van der Waals surface area contributed by atoms with Gasteiger partial charge in [0.15, 0.2) is 0 Å². The van der Waals surface area contributed by atoms with Crippen molar-refractivity contribution in [2.45, 2.75) is 286 Å². The smallest absolute Gasteiger partial charge is 0.0162 e. The van der Waals surface area contributed by atoms with Gasteiger partial charge in [0.2, 0.25) is 0 Å². The molecule has 9 heterocycles. The molecule has 23 aliphatic rings. The van der Waals surface area contributed by atoms with Crippen molar-refractivity contribution in [3.8, 4) is 0 Å². The van der Waals surface area contributed by atoms with Gasteiger partial charge in [0, 0.05) is 41.8 Å². The topological polar surface area (TPSA) is 124 Å². The summed E-state index contributed by atoms with van der Waals surface area (Å²) in [5.74, 6) is 16.6. The molecule has 8 heteroatoms. The van der Waals surface area contributed by atoms with Crippen LogP contribution in [0.4, 0.5) is 0 Å². The molecule has 434 valence electrons. The average Bonchev–Trinajstić information content (AvgIpc) is 3.83. The Bertz CT molecular complexity index is 1490. The Morgan fingerprint density at radius 2 is 0.724 bits per heavy atom. The van der Waals surface area contributed by atoms with Crippen LogP contribution in [-0.4, -0.2) is 87.6 Å². The van der Waals surface area contributed by atoms with E-state index >= 15 is 0 Å². The van der Waals surface area contributed by atoms with Crippen molar-refractivity contribution < 1.29 is 0 Å². The van der Waals surface area contributed by atoms with Crippen molar-refractivity contribution in [1.29, 1.82) is 0 Å². The van der Waals surface area contributed by atoms with E-state index in [0.717, 1.165) is 125 Å². The lowest BCUT2D eigenvalue weighted by Gasteiger charge is -2.55. The maximum absolute atomic E-state index is 6.32. The summed E-state index contributed by atoms with van der Waals surface area (Å²) in [5, 5.41) is 21.4. The molecular weight excluding hydrogens is 929 g/mol. The van der Waals surface area contributed by atoms with Gasteiger partial charge in [0.25, 0.3) is 0 Å². The molecule has 0 spiro atoms. The Hall–Kier alpha value is -0.320. The molecule has 14 saturated carbocycles. The summed E-state index contributed by atoms with van der Waals surface area (Å²) in [6.07, 6.45) is 56.1. The molecule has 0 aromatic carbocycles. The van der Waals surface area contributed by atoms with E-state index in [1.807, 2.05) is 0 Å². The minimum absolute atomic E-state index is 0.300. The molecule has 10 unspecified atom stereocenters. The molecule has 9 saturated heterocycles. The number of hydrogen-bond acceptors (Lipinski definition) is 8. The van der Waals surface area contributed by atoms with Gasteiger partial charge in [-0.3, -0.25) is 0 Å². The predicted molar refractivity (Wildman–Crippen MR) is 318 cm³/mol.